The number of thiol groups is 1. The summed E-state index contributed by atoms with van der Waals surface area (Å²) in [5.41, 5.74) is -0.0711. The summed E-state index contributed by atoms with van der Waals surface area (Å²) in [6, 6.07) is 0.750. The van der Waals surface area contributed by atoms with E-state index in [4.69, 9.17) is 18.0 Å². The molecule has 0 bridgehead atoms. The minimum Gasteiger partial charge on any atom is -0.374 e. The Hall–Kier alpha value is 0.407. The van der Waals surface area contributed by atoms with Crippen LogP contribution in [0.5, 0.6) is 0 Å². The third-order valence-corrected chi connectivity index (χ3v) is 5.80. The summed E-state index contributed by atoms with van der Waals surface area (Å²) in [7, 11) is -2.53. The molecule has 6 heteroatoms. The Morgan fingerprint density at radius 2 is 1.44 bits per heavy atom. The number of hydrogen-bond acceptors (Lipinski definition) is 5. The monoisotopic (exact) mass is 296 g/mol. The van der Waals surface area contributed by atoms with Gasteiger partial charge in [-0.1, -0.05) is 6.92 Å². The Morgan fingerprint density at radius 3 is 1.83 bits per heavy atom. The van der Waals surface area contributed by atoms with Crippen molar-refractivity contribution in [3.8, 4) is 0 Å². The van der Waals surface area contributed by atoms with E-state index in [-0.39, 0.29) is 5.44 Å². The van der Waals surface area contributed by atoms with Gasteiger partial charge in [-0.05, 0) is 33.6 Å². The fourth-order valence-electron chi connectivity index (χ4n) is 1.64. The highest BCUT2D eigenvalue weighted by Gasteiger charge is 2.40. The van der Waals surface area contributed by atoms with Gasteiger partial charge in [0.2, 0.25) is 0 Å². The van der Waals surface area contributed by atoms with E-state index in [1.54, 1.807) is 0 Å². The standard InChI is InChI=1S/C12H28O4SSi/c1-5-10-13-12(17)9-11-18(14-6-2,15-7-3)16-8-4/h12,17H,5-11H2,1-4H3. The van der Waals surface area contributed by atoms with Crippen LogP contribution in [-0.4, -0.2) is 40.7 Å². The molecule has 0 aliphatic carbocycles. The number of rotatable bonds is 12. The molecule has 0 N–H and O–H groups in total. The van der Waals surface area contributed by atoms with Gasteiger partial charge in [-0.2, -0.15) is 0 Å². The van der Waals surface area contributed by atoms with Gasteiger partial charge < -0.3 is 18.0 Å². The minimum atomic E-state index is -2.53. The molecule has 0 rings (SSSR count). The molecule has 0 aliphatic rings. The van der Waals surface area contributed by atoms with E-state index in [2.05, 4.69) is 19.6 Å². The van der Waals surface area contributed by atoms with Gasteiger partial charge in [-0.25, -0.2) is 0 Å². The summed E-state index contributed by atoms with van der Waals surface area (Å²) in [5, 5.41) is 0. The van der Waals surface area contributed by atoms with Gasteiger partial charge in [0.1, 0.15) is 0 Å². The lowest BCUT2D eigenvalue weighted by atomic mass is 10.5. The average molecular weight is 297 g/mol. The van der Waals surface area contributed by atoms with Crippen LogP contribution in [-0.2, 0) is 18.0 Å². The summed E-state index contributed by atoms with van der Waals surface area (Å²) < 4.78 is 22.9. The quantitative estimate of drug-likeness (QED) is 0.341. The number of hydrogen-bond donors (Lipinski definition) is 1. The highest BCUT2D eigenvalue weighted by molar-refractivity contribution is 7.80. The van der Waals surface area contributed by atoms with E-state index >= 15 is 0 Å². The zero-order chi connectivity index (χ0) is 13.9. The predicted octanol–water partition coefficient (Wildman–Crippen LogP) is 3.11. The largest absolute Gasteiger partial charge is 0.501 e. The maximum absolute atomic E-state index is 5.77. The fourth-order valence-corrected chi connectivity index (χ4v) is 4.73. The molecule has 0 aromatic rings. The van der Waals surface area contributed by atoms with Gasteiger partial charge in [0, 0.05) is 32.5 Å². The van der Waals surface area contributed by atoms with Crippen LogP contribution in [0.4, 0.5) is 0 Å². The topological polar surface area (TPSA) is 36.9 Å². The molecule has 0 fully saturated rings. The highest BCUT2D eigenvalue weighted by atomic mass is 32.1. The molecule has 1 unspecified atom stereocenters. The summed E-state index contributed by atoms with van der Waals surface area (Å²) in [4.78, 5) is 0. The lowest BCUT2D eigenvalue weighted by Crippen LogP contribution is -2.46. The molecule has 0 aromatic carbocycles. The average Bonchev–Trinajstić information content (AvgIpc) is 2.35. The van der Waals surface area contributed by atoms with Gasteiger partial charge in [0.15, 0.2) is 0 Å². The molecule has 0 saturated heterocycles. The first-order chi connectivity index (χ1) is 8.64. The van der Waals surface area contributed by atoms with Crippen molar-refractivity contribution in [2.24, 2.45) is 0 Å². The summed E-state index contributed by atoms with van der Waals surface area (Å²) >= 11 is 4.41. The van der Waals surface area contributed by atoms with Crippen LogP contribution in [0.25, 0.3) is 0 Å². The summed E-state index contributed by atoms with van der Waals surface area (Å²) in [6.45, 7) is 10.5. The van der Waals surface area contributed by atoms with Gasteiger partial charge >= 0.3 is 8.80 Å². The third-order valence-electron chi connectivity index (χ3n) is 2.30. The second kappa shape index (κ2) is 11.3. The zero-order valence-corrected chi connectivity index (χ0v) is 14.0. The molecule has 110 valence electrons. The Morgan fingerprint density at radius 1 is 0.944 bits per heavy atom. The van der Waals surface area contributed by atoms with Gasteiger partial charge in [-0.3, -0.25) is 0 Å². The normalized spacial score (nSPS) is 13.8. The molecule has 0 aliphatic heterocycles. The summed E-state index contributed by atoms with van der Waals surface area (Å²) in [5.74, 6) is 0. The Labute approximate surface area is 118 Å². The van der Waals surface area contributed by atoms with Crippen LogP contribution in [0.3, 0.4) is 0 Å². The second-order valence-electron chi connectivity index (χ2n) is 3.85. The van der Waals surface area contributed by atoms with Gasteiger partial charge in [0.05, 0.1) is 5.44 Å². The molecule has 0 spiro atoms. The van der Waals surface area contributed by atoms with Crippen LogP contribution in [0, 0.1) is 0 Å². The van der Waals surface area contributed by atoms with Crippen LogP contribution >= 0.6 is 12.6 Å². The molecule has 0 saturated carbocycles. The van der Waals surface area contributed by atoms with Crippen LogP contribution in [0.2, 0.25) is 6.04 Å². The van der Waals surface area contributed by atoms with E-state index in [1.165, 1.54) is 0 Å². The van der Waals surface area contributed by atoms with E-state index in [0.29, 0.717) is 19.8 Å². The van der Waals surface area contributed by atoms with Gasteiger partial charge in [-0.15, -0.1) is 12.6 Å². The zero-order valence-electron chi connectivity index (χ0n) is 12.1. The molecule has 0 heterocycles. The second-order valence-corrected chi connectivity index (χ2v) is 7.15. The first-order valence-electron chi connectivity index (χ1n) is 6.85. The van der Waals surface area contributed by atoms with Crippen LogP contribution in [0.15, 0.2) is 0 Å². The highest BCUT2D eigenvalue weighted by Crippen LogP contribution is 2.21. The first-order valence-corrected chi connectivity index (χ1v) is 9.30. The molecule has 1 atom stereocenters. The van der Waals surface area contributed by atoms with Gasteiger partial charge in [0.25, 0.3) is 0 Å². The Kier molecular flexibility index (Phi) is 11.5. The number of ether oxygens (including phenoxy) is 1. The van der Waals surface area contributed by atoms with Crippen molar-refractivity contribution in [3.63, 3.8) is 0 Å². The van der Waals surface area contributed by atoms with Crippen molar-refractivity contribution in [2.75, 3.05) is 26.4 Å². The SMILES string of the molecule is CCCOC(S)CC[Si](OCC)(OCC)OCC. The predicted molar refractivity (Wildman–Crippen MR) is 79.1 cm³/mol. The van der Waals surface area contributed by atoms with Crippen molar-refractivity contribution in [3.05, 3.63) is 0 Å². The lowest BCUT2D eigenvalue weighted by molar-refractivity contribution is 0.0628. The molecular formula is C12H28O4SSi. The van der Waals surface area contributed by atoms with Crippen molar-refractivity contribution >= 4 is 21.4 Å². The van der Waals surface area contributed by atoms with E-state index < -0.39 is 8.80 Å². The summed E-state index contributed by atoms with van der Waals surface area (Å²) in [6.07, 6.45) is 1.79. The van der Waals surface area contributed by atoms with Crippen molar-refractivity contribution < 1.29 is 18.0 Å². The first kappa shape index (κ1) is 18.4. The lowest BCUT2D eigenvalue weighted by Gasteiger charge is -2.29. The van der Waals surface area contributed by atoms with Crippen molar-refractivity contribution in [1.82, 2.24) is 0 Å². The molecule has 0 amide bonds. The Balaban J connectivity index is 4.27. The van der Waals surface area contributed by atoms with E-state index in [9.17, 15) is 0 Å². The van der Waals surface area contributed by atoms with E-state index in [1.807, 2.05) is 20.8 Å². The molecular weight excluding hydrogens is 268 g/mol. The molecule has 0 radical (unpaired) electrons. The van der Waals surface area contributed by atoms with Crippen LogP contribution < -0.4 is 0 Å². The Bertz CT molecular complexity index is 178. The van der Waals surface area contributed by atoms with E-state index in [0.717, 1.165) is 25.5 Å². The maximum Gasteiger partial charge on any atom is 0.501 e. The van der Waals surface area contributed by atoms with Crippen molar-refractivity contribution in [2.45, 2.75) is 52.0 Å². The molecule has 0 aromatic heterocycles. The maximum atomic E-state index is 5.77. The van der Waals surface area contributed by atoms with Crippen LogP contribution in [0.1, 0.15) is 40.5 Å². The third kappa shape index (κ3) is 7.76. The minimum absolute atomic E-state index is 0.0711. The molecule has 18 heavy (non-hydrogen) atoms. The van der Waals surface area contributed by atoms with Crippen molar-refractivity contribution in [1.29, 1.82) is 0 Å². The molecule has 4 nitrogen and oxygen atoms in total. The fraction of sp³-hybridized carbons (Fsp3) is 1.00. The smallest absolute Gasteiger partial charge is 0.374 e.